The average Bonchev–Trinajstić information content (AvgIpc) is 2.61. The minimum absolute atomic E-state index is 0.00855. The van der Waals surface area contributed by atoms with Crippen LogP contribution >= 0.6 is 0 Å². The van der Waals surface area contributed by atoms with Gasteiger partial charge < -0.3 is 0 Å². The van der Waals surface area contributed by atoms with E-state index in [9.17, 15) is 10.1 Å². The Balaban J connectivity index is 2.62. The van der Waals surface area contributed by atoms with E-state index in [0.29, 0.717) is 11.0 Å². The second-order valence-corrected chi connectivity index (χ2v) is 2.94. The number of non-ortho nitro benzene ring substituents is 1. The van der Waals surface area contributed by atoms with E-state index in [2.05, 4.69) is 9.83 Å². The summed E-state index contributed by atoms with van der Waals surface area (Å²) in [5.74, 6) is 0. The van der Waals surface area contributed by atoms with E-state index >= 15 is 0 Å². The van der Waals surface area contributed by atoms with E-state index in [4.69, 9.17) is 6.57 Å². The SMILES string of the molecule is [C-]#[N+]Cn1cnc2ccc([N+](=O)[O-])cc21. The van der Waals surface area contributed by atoms with Crippen LogP contribution in [0, 0.1) is 16.7 Å². The predicted molar refractivity (Wildman–Crippen MR) is 53.0 cm³/mol. The summed E-state index contributed by atoms with van der Waals surface area (Å²) >= 11 is 0. The maximum atomic E-state index is 10.6. The summed E-state index contributed by atoms with van der Waals surface area (Å²) in [4.78, 5) is 17.3. The molecule has 0 saturated carbocycles. The number of hydrogen-bond donors (Lipinski definition) is 0. The molecule has 0 unspecified atom stereocenters. The van der Waals surface area contributed by atoms with Gasteiger partial charge in [0, 0.05) is 12.1 Å². The first-order chi connectivity index (χ1) is 7.22. The monoisotopic (exact) mass is 202 g/mol. The zero-order chi connectivity index (χ0) is 10.8. The minimum Gasteiger partial charge on any atom is -0.293 e. The number of hydrogen-bond acceptors (Lipinski definition) is 3. The molecule has 6 heteroatoms. The van der Waals surface area contributed by atoms with E-state index in [1.54, 1.807) is 10.6 Å². The summed E-state index contributed by atoms with van der Waals surface area (Å²) in [5.41, 5.74) is 1.28. The minimum atomic E-state index is -0.464. The number of nitro groups is 1. The molecule has 2 aromatic rings. The van der Waals surface area contributed by atoms with E-state index in [1.807, 2.05) is 0 Å². The highest BCUT2D eigenvalue weighted by Crippen LogP contribution is 2.19. The van der Waals surface area contributed by atoms with Crippen molar-refractivity contribution in [1.29, 1.82) is 0 Å². The van der Waals surface area contributed by atoms with Gasteiger partial charge in [0.15, 0.2) is 0 Å². The van der Waals surface area contributed by atoms with Gasteiger partial charge in [0.1, 0.15) is 6.33 Å². The van der Waals surface area contributed by atoms with Gasteiger partial charge in [-0.15, -0.1) is 0 Å². The summed E-state index contributed by atoms with van der Waals surface area (Å²) < 4.78 is 1.58. The van der Waals surface area contributed by atoms with Crippen molar-refractivity contribution < 1.29 is 4.92 Å². The maximum absolute atomic E-state index is 10.6. The molecule has 74 valence electrons. The van der Waals surface area contributed by atoms with Gasteiger partial charge >= 0.3 is 0 Å². The molecule has 1 heterocycles. The fourth-order valence-electron chi connectivity index (χ4n) is 1.35. The maximum Gasteiger partial charge on any atom is 0.294 e. The molecule has 1 aromatic carbocycles. The molecule has 0 atom stereocenters. The topological polar surface area (TPSA) is 65.3 Å². The fourth-order valence-corrected chi connectivity index (χ4v) is 1.35. The molecule has 0 spiro atoms. The summed E-state index contributed by atoms with van der Waals surface area (Å²) in [5, 5.41) is 10.6. The number of aromatic nitrogens is 2. The second-order valence-electron chi connectivity index (χ2n) is 2.94. The summed E-state index contributed by atoms with van der Waals surface area (Å²) in [6.07, 6.45) is 1.51. The van der Waals surface area contributed by atoms with Crippen molar-refractivity contribution in [1.82, 2.24) is 9.55 Å². The van der Waals surface area contributed by atoms with Crippen LogP contribution in [0.4, 0.5) is 5.69 Å². The normalized spacial score (nSPS) is 10.1. The predicted octanol–water partition coefficient (Wildman–Crippen LogP) is 1.82. The molecular weight excluding hydrogens is 196 g/mol. The van der Waals surface area contributed by atoms with Crippen molar-refractivity contribution >= 4 is 16.7 Å². The molecule has 2 rings (SSSR count). The Morgan fingerprint density at radius 3 is 3.07 bits per heavy atom. The third-order valence-corrected chi connectivity index (χ3v) is 2.04. The Hall–Kier alpha value is -2.42. The first-order valence-electron chi connectivity index (χ1n) is 4.15. The molecule has 6 nitrogen and oxygen atoms in total. The summed E-state index contributed by atoms with van der Waals surface area (Å²) in [7, 11) is 0. The zero-order valence-corrected chi connectivity index (χ0v) is 7.62. The van der Waals surface area contributed by atoms with Gasteiger partial charge in [0.05, 0.1) is 16.0 Å². The lowest BCUT2D eigenvalue weighted by Crippen LogP contribution is -1.92. The molecule has 0 aliphatic rings. The van der Waals surface area contributed by atoms with Gasteiger partial charge in [-0.2, -0.15) is 0 Å². The van der Waals surface area contributed by atoms with Crippen LogP contribution in [0.25, 0.3) is 15.9 Å². The van der Waals surface area contributed by atoms with Crippen LogP contribution in [0.5, 0.6) is 0 Å². The molecule has 0 radical (unpaired) electrons. The molecule has 0 amide bonds. The third kappa shape index (κ3) is 1.50. The van der Waals surface area contributed by atoms with Gasteiger partial charge in [-0.1, -0.05) is 0 Å². The molecule has 0 bridgehead atoms. The van der Waals surface area contributed by atoms with Gasteiger partial charge in [0.2, 0.25) is 0 Å². The summed E-state index contributed by atoms with van der Waals surface area (Å²) in [6, 6.07) is 4.40. The highest BCUT2D eigenvalue weighted by atomic mass is 16.6. The van der Waals surface area contributed by atoms with Gasteiger partial charge in [-0.3, -0.25) is 19.5 Å². The van der Waals surface area contributed by atoms with Crippen LogP contribution in [-0.4, -0.2) is 14.5 Å². The Bertz CT molecular complexity index is 567. The van der Waals surface area contributed by atoms with Crippen molar-refractivity contribution in [2.24, 2.45) is 0 Å². The van der Waals surface area contributed by atoms with Crippen molar-refractivity contribution in [2.75, 3.05) is 0 Å². The Morgan fingerprint density at radius 2 is 2.40 bits per heavy atom. The van der Waals surface area contributed by atoms with Crippen LogP contribution in [0.3, 0.4) is 0 Å². The van der Waals surface area contributed by atoms with Crippen molar-refractivity contribution in [3.8, 4) is 0 Å². The quantitative estimate of drug-likeness (QED) is 0.424. The van der Waals surface area contributed by atoms with E-state index in [-0.39, 0.29) is 12.4 Å². The first kappa shape index (κ1) is 9.15. The molecule has 0 N–H and O–H groups in total. The van der Waals surface area contributed by atoms with Gasteiger partial charge in [0.25, 0.3) is 12.4 Å². The van der Waals surface area contributed by atoms with Crippen LogP contribution < -0.4 is 0 Å². The Morgan fingerprint density at radius 1 is 1.60 bits per heavy atom. The zero-order valence-electron chi connectivity index (χ0n) is 7.62. The first-order valence-corrected chi connectivity index (χ1v) is 4.15. The van der Waals surface area contributed by atoms with Crippen LogP contribution in [0.2, 0.25) is 0 Å². The number of benzene rings is 1. The van der Waals surface area contributed by atoms with Crippen molar-refractivity contribution in [3.05, 3.63) is 46.1 Å². The van der Waals surface area contributed by atoms with E-state index in [1.165, 1.54) is 18.5 Å². The lowest BCUT2D eigenvalue weighted by Gasteiger charge is -1.94. The number of fused-ring (bicyclic) bond motifs is 1. The Kier molecular flexibility index (Phi) is 2.06. The number of rotatable bonds is 2. The molecule has 15 heavy (non-hydrogen) atoms. The highest BCUT2D eigenvalue weighted by molar-refractivity contribution is 5.78. The molecule has 1 aromatic heterocycles. The van der Waals surface area contributed by atoms with Gasteiger partial charge in [-0.25, -0.2) is 11.6 Å². The van der Waals surface area contributed by atoms with Crippen molar-refractivity contribution in [2.45, 2.75) is 6.67 Å². The Labute approximate surface area is 84.7 Å². The van der Waals surface area contributed by atoms with Crippen LogP contribution in [-0.2, 0) is 6.67 Å². The lowest BCUT2D eigenvalue weighted by molar-refractivity contribution is -0.384. The second kappa shape index (κ2) is 3.38. The number of nitro benzene ring substituents is 1. The lowest BCUT2D eigenvalue weighted by atomic mass is 10.3. The smallest absolute Gasteiger partial charge is 0.293 e. The van der Waals surface area contributed by atoms with E-state index in [0.717, 1.165) is 0 Å². The van der Waals surface area contributed by atoms with Crippen molar-refractivity contribution in [3.63, 3.8) is 0 Å². The summed E-state index contributed by atoms with van der Waals surface area (Å²) in [6.45, 7) is 6.86. The average molecular weight is 202 g/mol. The molecular formula is C9H6N4O2. The fraction of sp³-hybridized carbons (Fsp3) is 0.111. The number of imidazole rings is 1. The van der Waals surface area contributed by atoms with Gasteiger partial charge in [-0.05, 0) is 6.07 Å². The van der Waals surface area contributed by atoms with E-state index < -0.39 is 4.92 Å². The molecule has 0 aliphatic carbocycles. The standard InChI is InChI=1S/C9H6N4O2/c1-10-5-12-6-11-8-3-2-7(13(14)15)4-9(8)12/h2-4,6H,5H2. The van der Waals surface area contributed by atoms with Crippen LogP contribution in [0.1, 0.15) is 0 Å². The number of nitrogens with zero attached hydrogens (tertiary/aromatic N) is 4. The third-order valence-electron chi connectivity index (χ3n) is 2.04. The van der Waals surface area contributed by atoms with Crippen LogP contribution in [0.15, 0.2) is 24.5 Å². The molecule has 0 aliphatic heterocycles. The largest absolute Gasteiger partial charge is 0.294 e. The highest BCUT2D eigenvalue weighted by Gasteiger charge is 2.10. The molecule has 0 saturated heterocycles. The molecule has 0 fully saturated rings.